The molecule has 6 nitrogen and oxygen atoms in total. The number of carboxylic acids is 1. The van der Waals surface area contributed by atoms with Crippen LogP contribution < -0.4 is 5.32 Å². The van der Waals surface area contributed by atoms with Gasteiger partial charge in [-0.25, -0.2) is 4.79 Å². The summed E-state index contributed by atoms with van der Waals surface area (Å²) in [7, 11) is 0. The molecule has 29 heavy (non-hydrogen) atoms. The number of carbonyl (C=O) groups is 2. The summed E-state index contributed by atoms with van der Waals surface area (Å²) in [6.07, 6.45) is 1.32. The lowest BCUT2D eigenvalue weighted by Crippen LogP contribution is -2.13. The molecule has 0 aliphatic carbocycles. The molecule has 0 radical (unpaired) electrons. The van der Waals surface area contributed by atoms with Gasteiger partial charge in [0.05, 0.1) is 10.6 Å². The highest BCUT2D eigenvalue weighted by Crippen LogP contribution is 2.28. The molecular formula is C21H12BrClN2O4. The number of amides is 1. The Morgan fingerprint density at radius 3 is 2.62 bits per heavy atom. The Bertz CT molecular complexity index is 1180. The Hall–Kier alpha value is -3.34. The molecule has 1 amide bonds. The zero-order valence-corrected chi connectivity index (χ0v) is 17.0. The zero-order chi connectivity index (χ0) is 21.0. The first kappa shape index (κ1) is 20.4. The maximum absolute atomic E-state index is 12.4. The third-order valence-corrected chi connectivity index (χ3v) is 4.65. The molecule has 144 valence electrons. The summed E-state index contributed by atoms with van der Waals surface area (Å²) in [6, 6.07) is 16.5. The minimum Gasteiger partial charge on any atom is -0.478 e. The Morgan fingerprint density at radius 2 is 1.97 bits per heavy atom. The normalized spacial score (nSPS) is 11.0. The van der Waals surface area contributed by atoms with E-state index in [-0.39, 0.29) is 16.2 Å². The number of nitriles is 1. The predicted molar refractivity (Wildman–Crippen MR) is 112 cm³/mol. The monoisotopic (exact) mass is 470 g/mol. The van der Waals surface area contributed by atoms with Crippen molar-refractivity contribution in [2.75, 3.05) is 5.32 Å². The minimum atomic E-state index is -1.13. The number of aromatic carboxylic acids is 1. The number of nitrogens with zero attached hydrogens (tertiary/aromatic N) is 1. The first-order valence-electron chi connectivity index (χ1n) is 8.19. The van der Waals surface area contributed by atoms with Crippen LogP contribution in [0.25, 0.3) is 17.4 Å². The van der Waals surface area contributed by atoms with E-state index in [4.69, 9.17) is 21.1 Å². The first-order valence-corrected chi connectivity index (χ1v) is 9.36. The fourth-order valence-corrected chi connectivity index (χ4v) is 3.14. The average molecular weight is 472 g/mol. The summed E-state index contributed by atoms with van der Waals surface area (Å²) >= 11 is 9.30. The predicted octanol–water partition coefficient (Wildman–Crippen LogP) is 5.61. The summed E-state index contributed by atoms with van der Waals surface area (Å²) in [5, 5.41) is 21.1. The van der Waals surface area contributed by atoms with Crippen LogP contribution in [-0.4, -0.2) is 17.0 Å². The van der Waals surface area contributed by atoms with Gasteiger partial charge in [0, 0.05) is 21.8 Å². The lowest BCUT2D eigenvalue weighted by atomic mass is 10.1. The van der Waals surface area contributed by atoms with Crippen molar-refractivity contribution >= 4 is 51.2 Å². The van der Waals surface area contributed by atoms with Crippen LogP contribution in [0.4, 0.5) is 5.69 Å². The van der Waals surface area contributed by atoms with E-state index in [2.05, 4.69) is 21.2 Å². The number of halogens is 2. The highest BCUT2D eigenvalue weighted by molar-refractivity contribution is 9.10. The van der Waals surface area contributed by atoms with Gasteiger partial charge in [-0.05, 0) is 42.5 Å². The van der Waals surface area contributed by atoms with Crippen LogP contribution in [-0.2, 0) is 4.79 Å². The van der Waals surface area contributed by atoms with Crippen LogP contribution in [0.3, 0.4) is 0 Å². The molecule has 2 N–H and O–H groups in total. The molecule has 0 saturated carbocycles. The van der Waals surface area contributed by atoms with E-state index in [9.17, 15) is 14.9 Å². The summed E-state index contributed by atoms with van der Waals surface area (Å²) in [5.74, 6) is -0.990. The van der Waals surface area contributed by atoms with Gasteiger partial charge in [0.15, 0.2) is 0 Å². The van der Waals surface area contributed by atoms with Gasteiger partial charge < -0.3 is 14.8 Å². The molecule has 8 heteroatoms. The summed E-state index contributed by atoms with van der Waals surface area (Å²) in [5.41, 5.74) is 0.957. The summed E-state index contributed by atoms with van der Waals surface area (Å²) in [6.45, 7) is 0. The summed E-state index contributed by atoms with van der Waals surface area (Å²) < 4.78 is 6.45. The van der Waals surface area contributed by atoms with Crippen molar-refractivity contribution in [2.45, 2.75) is 0 Å². The van der Waals surface area contributed by atoms with Crippen molar-refractivity contribution in [3.8, 4) is 17.4 Å². The van der Waals surface area contributed by atoms with Crippen molar-refractivity contribution in [3.63, 3.8) is 0 Å². The first-order chi connectivity index (χ1) is 13.9. The lowest BCUT2D eigenvalue weighted by Gasteiger charge is -2.04. The van der Waals surface area contributed by atoms with Gasteiger partial charge in [0.25, 0.3) is 5.91 Å². The molecule has 0 atom stereocenters. The maximum atomic E-state index is 12.4. The molecule has 0 unspecified atom stereocenters. The van der Waals surface area contributed by atoms with Crippen molar-refractivity contribution in [1.82, 2.24) is 0 Å². The van der Waals surface area contributed by atoms with E-state index in [1.54, 1.807) is 36.4 Å². The molecule has 0 spiro atoms. The van der Waals surface area contributed by atoms with Crippen molar-refractivity contribution in [2.24, 2.45) is 0 Å². The van der Waals surface area contributed by atoms with E-state index in [1.807, 2.05) is 12.1 Å². The Morgan fingerprint density at radius 1 is 1.17 bits per heavy atom. The van der Waals surface area contributed by atoms with E-state index in [0.717, 1.165) is 4.47 Å². The Kier molecular flexibility index (Phi) is 6.17. The lowest BCUT2D eigenvalue weighted by molar-refractivity contribution is -0.112. The van der Waals surface area contributed by atoms with E-state index in [1.165, 1.54) is 18.2 Å². The number of anilines is 1. The molecule has 0 fully saturated rings. The molecule has 3 aromatic rings. The number of rotatable bonds is 5. The number of hydrogen-bond acceptors (Lipinski definition) is 4. The fourth-order valence-electron chi connectivity index (χ4n) is 2.48. The van der Waals surface area contributed by atoms with Gasteiger partial charge in [-0.2, -0.15) is 5.26 Å². The largest absolute Gasteiger partial charge is 0.478 e. The quantitative estimate of drug-likeness (QED) is 0.372. The highest BCUT2D eigenvalue weighted by atomic mass is 79.9. The molecule has 1 aromatic heterocycles. The number of carbonyl (C=O) groups excluding carboxylic acids is 1. The molecule has 0 bridgehead atoms. The van der Waals surface area contributed by atoms with Gasteiger partial charge >= 0.3 is 5.97 Å². The Labute approximate surface area is 179 Å². The number of carboxylic acid groups (broad SMARTS) is 1. The molecule has 3 rings (SSSR count). The van der Waals surface area contributed by atoms with Crippen LogP contribution in [0, 0.1) is 11.3 Å². The summed E-state index contributed by atoms with van der Waals surface area (Å²) in [4.78, 5) is 23.4. The van der Waals surface area contributed by atoms with E-state index in [0.29, 0.717) is 22.8 Å². The maximum Gasteiger partial charge on any atom is 0.337 e. The van der Waals surface area contributed by atoms with Gasteiger partial charge in [-0.1, -0.05) is 39.7 Å². The average Bonchev–Trinajstić information content (AvgIpc) is 3.14. The van der Waals surface area contributed by atoms with Gasteiger partial charge in [-0.15, -0.1) is 0 Å². The molecular weight excluding hydrogens is 460 g/mol. The van der Waals surface area contributed by atoms with Crippen LogP contribution in [0.15, 0.2) is 69.1 Å². The Balaban J connectivity index is 1.82. The highest BCUT2D eigenvalue weighted by Gasteiger charge is 2.14. The second kappa shape index (κ2) is 8.78. The molecule has 0 aliphatic heterocycles. The third kappa shape index (κ3) is 4.93. The van der Waals surface area contributed by atoms with Crippen LogP contribution >= 0.6 is 27.5 Å². The van der Waals surface area contributed by atoms with Gasteiger partial charge in [0.1, 0.15) is 23.2 Å². The minimum absolute atomic E-state index is 0.0157. The van der Waals surface area contributed by atoms with Crippen molar-refractivity contribution < 1.29 is 19.1 Å². The topological polar surface area (TPSA) is 103 Å². The fraction of sp³-hybridized carbons (Fsp3) is 0. The zero-order valence-electron chi connectivity index (χ0n) is 14.6. The van der Waals surface area contributed by atoms with Crippen LogP contribution in [0.2, 0.25) is 5.02 Å². The van der Waals surface area contributed by atoms with Crippen LogP contribution in [0.1, 0.15) is 16.1 Å². The molecule has 0 aliphatic rings. The second-order valence-corrected chi connectivity index (χ2v) is 7.16. The van der Waals surface area contributed by atoms with Crippen molar-refractivity contribution in [3.05, 3.63) is 81.0 Å². The van der Waals surface area contributed by atoms with Gasteiger partial charge in [-0.3, -0.25) is 4.79 Å². The number of hydrogen-bond donors (Lipinski definition) is 2. The number of furan rings is 1. The number of benzene rings is 2. The van der Waals surface area contributed by atoms with Gasteiger partial charge in [0.2, 0.25) is 0 Å². The SMILES string of the molecule is N#C/C(=C\c1ccc(-c2ccc(C(=O)O)c(Cl)c2)o1)C(=O)Nc1cccc(Br)c1. The molecule has 1 heterocycles. The molecule has 2 aromatic carbocycles. The number of nitrogens with one attached hydrogen (secondary N) is 1. The molecule has 0 saturated heterocycles. The van der Waals surface area contributed by atoms with Crippen molar-refractivity contribution in [1.29, 1.82) is 5.26 Å². The second-order valence-electron chi connectivity index (χ2n) is 5.84. The van der Waals surface area contributed by atoms with E-state index < -0.39 is 11.9 Å². The smallest absolute Gasteiger partial charge is 0.337 e. The van der Waals surface area contributed by atoms with E-state index >= 15 is 0 Å². The third-order valence-electron chi connectivity index (χ3n) is 3.84. The standard InChI is InChI=1S/C21H12BrClN2O4/c22-14-2-1-3-15(10-14)25-20(26)13(11-24)8-16-5-7-19(29-16)12-4-6-17(21(27)28)18(23)9-12/h1-10H,(H,25,26)(H,27,28)/b13-8+. The van der Waals surface area contributed by atoms with Crippen LogP contribution in [0.5, 0.6) is 0 Å².